The number of nitrogens with one attached hydrogen (secondary N) is 1. The van der Waals surface area contributed by atoms with Crippen molar-refractivity contribution in [2.24, 2.45) is 11.3 Å². The van der Waals surface area contributed by atoms with E-state index >= 15 is 0 Å². The lowest BCUT2D eigenvalue weighted by Gasteiger charge is -2.38. The minimum atomic E-state index is -0.101. The molecule has 0 amide bonds. The van der Waals surface area contributed by atoms with Gasteiger partial charge in [-0.3, -0.25) is 0 Å². The van der Waals surface area contributed by atoms with Crippen molar-refractivity contribution in [2.45, 2.75) is 52.6 Å². The van der Waals surface area contributed by atoms with Crippen molar-refractivity contribution in [3.8, 4) is 0 Å². The lowest BCUT2D eigenvalue weighted by molar-refractivity contribution is 0.00108. The molecule has 1 saturated carbocycles. The molecule has 14 heavy (non-hydrogen) atoms. The first-order chi connectivity index (χ1) is 6.54. The second kappa shape index (κ2) is 5.13. The van der Waals surface area contributed by atoms with Crippen molar-refractivity contribution in [3.63, 3.8) is 0 Å². The fourth-order valence-electron chi connectivity index (χ4n) is 2.23. The van der Waals surface area contributed by atoms with E-state index in [9.17, 15) is 5.11 Å². The standard InChI is InChI=1S/C12H25NO/c1-10(2)8-13-9-12(3)7-5-4-6-11(12)14/h10-11,13-14H,4-9H2,1-3H3. The Morgan fingerprint density at radius 2 is 2.14 bits per heavy atom. The Morgan fingerprint density at radius 3 is 2.71 bits per heavy atom. The van der Waals surface area contributed by atoms with Gasteiger partial charge < -0.3 is 10.4 Å². The van der Waals surface area contributed by atoms with Crippen molar-refractivity contribution in [1.29, 1.82) is 0 Å². The first kappa shape index (κ1) is 12.0. The summed E-state index contributed by atoms with van der Waals surface area (Å²) in [5, 5.41) is 13.4. The second-order valence-corrected chi connectivity index (χ2v) is 5.44. The second-order valence-electron chi connectivity index (χ2n) is 5.44. The van der Waals surface area contributed by atoms with Crippen LogP contribution in [-0.2, 0) is 0 Å². The van der Waals surface area contributed by atoms with E-state index in [4.69, 9.17) is 0 Å². The van der Waals surface area contributed by atoms with Gasteiger partial charge in [-0.05, 0) is 25.3 Å². The predicted octanol–water partition coefficient (Wildman–Crippen LogP) is 2.17. The van der Waals surface area contributed by atoms with Gasteiger partial charge in [0.2, 0.25) is 0 Å². The topological polar surface area (TPSA) is 32.3 Å². The van der Waals surface area contributed by atoms with E-state index in [0.29, 0.717) is 5.92 Å². The third-order valence-corrected chi connectivity index (χ3v) is 3.36. The highest BCUT2D eigenvalue weighted by Crippen LogP contribution is 2.35. The van der Waals surface area contributed by atoms with Crippen molar-refractivity contribution in [2.75, 3.05) is 13.1 Å². The van der Waals surface area contributed by atoms with Crippen molar-refractivity contribution in [1.82, 2.24) is 5.32 Å². The molecule has 2 N–H and O–H groups in total. The number of hydrogen-bond donors (Lipinski definition) is 2. The zero-order valence-electron chi connectivity index (χ0n) is 9.84. The molecule has 0 aromatic carbocycles. The summed E-state index contributed by atoms with van der Waals surface area (Å²) in [6, 6.07) is 0. The summed E-state index contributed by atoms with van der Waals surface area (Å²) in [6.07, 6.45) is 4.52. The van der Waals surface area contributed by atoms with Crippen LogP contribution in [0, 0.1) is 11.3 Å². The van der Waals surface area contributed by atoms with E-state index in [1.54, 1.807) is 0 Å². The van der Waals surface area contributed by atoms with Gasteiger partial charge in [-0.2, -0.15) is 0 Å². The van der Waals surface area contributed by atoms with Gasteiger partial charge in [-0.25, -0.2) is 0 Å². The maximum Gasteiger partial charge on any atom is 0.0605 e. The zero-order valence-corrected chi connectivity index (χ0v) is 9.84. The first-order valence-electron chi connectivity index (χ1n) is 5.93. The van der Waals surface area contributed by atoms with Crippen LogP contribution in [0.4, 0.5) is 0 Å². The van der Waals surface area contributed by atoms with Gasteiger partial charge in [0.05, 0.1) is 6.10 Å². The van der Waals surface area contributed by atoms with E-state index in [1.807, 2.05) is 0 Å². The highest BCUT2D eigenvalue weighted by Gasteiger charge is 2.34. The molecule has 1 fully saturated rings. The molecular weight excluding hydrogens is 174 g/mol. The summed E-state index contributed by atoms with van der Waals surface area (Å²) in [7, 11) is 0. The van der Waals surface area contributed by atoms with E-state index in [1.165, 1.54) is 19.3 Å². The molecule has 0 heterocycles. The van der Waals surface area contributed by atoms with Gasteiger partial charge >= 0.3 is 0 Å². The normalized spacial score (nSPS) is 33.6. The predicted molar refractivity (Wildman–Crippen MR) is 60.3 cm³/mol. The first-order valence-corrected chi connectivity index (χ1v) is 5.93. The van der Waals surface area contributed by atoms with Crippen LogP contribution in [0.5, 0.6) is 0 Å². The SMILES string of the molecule is CC(C)CNCC1(C)CCCCC1O. The van der Waals surface area contributed by atoms with E-state index in [-0.39, 0.29) is 11.5 Å². The van der Waals surface area contributed by atoms with Crippen molar-refractivity contribution < 1.29 is 5.11 Å². The Hall–Kier alpha value is -0.0800. The lowest BCUT2D eigenvalue weighted by Crippen LogP contribution is -2.44. The van der Waals surface area contributed by atoms with Crippen LogP contribution in [0.1, 0.15) is 46.5 Å². The van der Waals surface area contributed by atoms with E-state index in [0.717, 1.165) is 19.5 Å². The van der Waals surface area contributed by atoms with Crippen LogP contribution < -0.4 is 5.32 Å². The summed E-state index contributed by atoms with van der Waals surface area (Å²) >= 11 is 0. The van der Waals surface area contributed by atoms with Crippen molar-refractivity contribution >= 4 is 0 Å². The minimum absolute atomic E-state index is 0.101. The maximum absolute atomic E-state index is 9.95. The molecule has 1 aliphatic rings. The molecule has 0 bridgehead atoms. The van der Waals surface area contributed by atoms with Crippen LogP contribution in [0.15, 0.2) is 0 Å². The minimum Gasteiger partial charge on any atom is -0.393 e. The van der Waals surface area contributed by atoms with Crippen LogP contribution in [0.25, 0.3) is 0 Å². The third-order valence-electron chi connectivity index (χ3n) is 3.36. The number of rotatable bonds is 4. The van der Waals surface area contributed by atoms with Gasteiger partial charge in [-0.1, -0.05) is 33.6 Å². The monoisotopic (exact) mass is 199 g/mol. The average molecular weight is 199 g/mol. The molecule has 2 unspecified atom stereocenters. The molecule has 1 rings (SSSR count). The van der Waals surface area contributed by atoms with Crippen LogP contribution in [-0.4, -0.2) is 24.3 Å². The largest absolute Gasteiger partial charge is 0.393 e. The highest BCUT2D eigenvalue weighted by molar-refractivity contribution is 4.87. The van der Waals surface area contributed by atoms with Gasteiger partial charge in [0.25, 0.3) is 0 Å². The molecule has 0 spiro atoms. The third kappa shape index (κ3) is 3.25. The molecule has 2 atom stereocenters. The number of aliphatic hydroxyl groups is 1. The van der Waals surface area contributed by atoms with Gasteiger partial charge in [0, 0.05) is 12.0 Å². The zero-order chi connectivity index (χ0) is 10.6. The van der Waals surface area contributed by atoms with Gasteiger partial charge in [0.15, 0.2) is 0 Å². The molecule has 84 valence electrons. The highest BCUT2D eigenvalue weighted by atomic mass is 16.3. The summed E-state index contributed by atoms with van der Waals surface area (Å²) in [5.74, 6) is 0.694. The molecule has 2 nitrogen and oxygen atoms in total. The summed E-state index contributed by atoms with van der Waals surface area (Å²) in [5.41, 5.74) is 0.118. The van der Waals surface area contributed by atoms with Gasteiger partial charge in [-0.15, -0.1) is 0 Å². The Balaban J connectivity index is 2.32. The lowest BCUT2D eigenvalue weighted by atomic mass is 9.73. The molecule has 2 heteroatoms. The smallest absolute Gasteiger partial charge is 0.0605 e. The fraction of sp³-hybridized carbons (Fsp3) is 1.00. The van der Waals surface area contributed by atoms with E-state index < -0.39 is 0 Å². The summed E-state index contributed by atoms with van der Waals surface area (Å²) in [6.45, 7) is 8.66. The Labute approximate surface area is 88.1 Å². The fourth-order valence-corrected chi connectivity index (χ4v) is 2.23. The summed E-state index contributed by atoms with van der Waals surface area (Å²) in [4.78, 5) is 0. The Kier molecular flexibility index (Phi) is 4.39. The Bertz CT molecular complexity index is 170. The molecule has 0 aromatic rings. The van der Waals surface area contributed by atoms with Crippen LogP contribution in [0.3, 0.4) is 0 Å². The molecule has 1 aliphatic carbocycles. The number of aliphatic hydroxyl groups excluding tert-OH is 1. The van der Waals surface area contributed by atoms with E-state index in [2.05, 4.69) is 26.1 Å². The summed E-state index contributed by atoms with van der Waals surface area (Å²) < 4.78 is 0. The van der Waals surface area contributed by atoms with Crippen LogP contribution in [0.2, 0.25) is 0 Å². The average Bonchev–Trinajstić information content (AvgIpc) is 2.10. The van der Waals surface area contributed by atoms with Crippen LogP contribution >= 0.6 is 0 Å². The molecule has 0 radical (unpaired) electrons. The quantitative estimate of drug-likeness (QED) is 0.727. The van der Waals surface area contributed by atoms with Gasteiger partial charge in [0.1, 0.15) is 0 Å². The molecule has 0 saturated heterocycles. The molecular formula is C12H25NO. The molecule has 0 aromatic heterocycles. The maximum atomic E-state index is 9.95. The molecule has 0 aliphatic heterocycles. The Morgan fingerprint density at radius 1 is 1.43 bits per heavy atom. The number of hydrogen-bond acceptors (Lipinski definition) is 2. The van der Waals surface area contributed by atoms with Crippen molar-refractivity contribution in [3.05, 3.63) is 0 Å².